The monoisotopic (exact) mass is 310 g/mol. The van der Waals surface area contributed by atoms with Crippen molar-refractivity contribution in [3.63, 3.8) is 0 Å². The van der Waals surface area contributed by atoms with E-state index in [-0.39, 0.29) is 0 Å². The first-order valence-electron chi connectivity index (χ1n) is 3.71. The standard InChI is InChI=1S/C8H8Br2OS/c1-4-3-8(4,11)5-2-6(9)12-7(5)10/h2,4,11H,3H2,1H3. The molecule has 1 aromatic rings. The highest BCUT2D eigenvalue weighted by Crippen LogP contribution is 2.55. The Balaban J connectivity index is 2.41. The quantitative estimate of drug-likeness (QED) is 0.841. The van der Waals surface area contributed by atoms with Crippen LogP contribution in [0.2, 0.25) is 0 Å². The fraction of sp³-hybridized carbons (Fsp3) is 0.500. The van der Waals surface area contributed by atoms with Crippen molar-refractivity contribution in [1.29, 1.82) is 0 Å². The third kappa shape index (κ3) is 1.29. The van der Waals surface area contributed by atoms with Crippen molar-refractivity contribution in [3.8, 4) is 0 Å². The van der Waals surface area contributed by atoms with Crippen LogP contribution in [0.1, 0.15) is 18.9 Å². The van der Waals surface area contributed by atoms with E-state index < -0.39 is 5.60 Å². The van der Waals surface area contributed by atoms with Crippen LogP contribution in [0.15, 0.2) is 13.6 Å². The van der Waals surface area contributed by atoms with E-state index in [1.54, 1.807) is 11.3 Å². The first-order valence-corrected chi connectivity index (χ1v) is 6.12. The number of hydrogen-bond donors (Lipinski definition) is 1. The van der Waals surface area contributed by atoms with Gasteiger partial charge in [-0.3, -0.25) is 0 Å². The van der Waals surface area contributed by atoms with Crippen LogP contribution in [-0.2, 0) is 5.60 Å². The number of thiophene rings is 1. The van der Waals surface area contributed by atoms with E-state index in [1.165, 1.54) is 0 Å². The van der Waals surface area contributed by atoms with Crippen molar-refractivity contribution in [3.05, 3.63) is 19.2 Å². The number of hydrogen-bond acceptors (Lipinski definition) is 2. The van der Waals surface area contributed by atoms with Crippen LogP contribution in [-0.4, -0.2) is 5.11 Å². The first kappa shape index (κ1) is 9.19. The van der Waals surface area contributed by atoms with Crippen LogP contribution in [0.25, 0.3) is 0 Å². The van der Waals surface area contributed by atoms with Gasteiger partial charge in [0.05, 0.1) is 13.2 Å². The Hall–Kier alpha value is 0.620. The lowest BCUT2D eigenvalue weighted by atomic mass is 10.1. The Bertz CT molecular complexity index is 323. The van der Waals surface area contributed by atoms with E-state index >= 15 is 0 Å². The average molecular weight is 312 g/mol. The lowest BCUT2D eigenvalue weighted by Gasteiger charge is -2.06. The third-order valence-electron chi connectivity index (χ3n) is 2.40. The molecule has 1 fully saturated rings. The van der Waals surface area contributed by atoms with Gasteiger partial charge in [0.2, 0.25) is 0 Å². The lowest BCUT2D eigenvalue weighted by molar-refractivity contribution is 0.134. The third-order valence-corrected chi connectivity index (χ3v) is 4.73. The van der Waals surface area contributed by atoms with Gasteiger partial charge in [-0.1, -0.05) is 6.92 Å². The number of rotatable bonds is 1. The van der Waals surface area contributed by atoms with Crippen molar-refractivity contribution in [2.45, 2.75) is 18.9 Å². The molecule has 1 heterocycles. The smallest absolute Gasteiger partial charge is 0.0946 e. The minimum absolute atomic E-state index is 0.398. The molecule has 2 rings (SSSR count). The second-order valence-corrected chi connectivity index (χ2v) is 7.02. The van der Waals surface area contributed by atoms with Crippen LogP contribution in [0.4, 0.5) is 0 Å². The summed E-state index contributed by atoms with van der Waals surface area (Å²) < 4.78 is 2.11. The molecule has 12 heavy (non-hydrogen) atoms. The molecular weight excluding hydrogens is 304 g/mol. The van der Waals surface area contributed by atoms with E-state index in [2.05, 4.69) is 38.8 Å². The Labute approximate surface area is 92.1 Å². The number of halogens is 2. The zero-order chi connectivity index (χ0) is 8.93. The van der Waals surface area contributed by atoms with E-state index in [1.807, 2.05) is 6.07 Å². The van der Waals surface area contributed by atoms with Crippen molar-refractivity contribution < 1.29 is 5.11 Å². The molecule has 0 saturated heterocycles. The van der Waals surface area contributed by atoms with Gasteiger partial charge in [-0.2, -0.15) is 0 Å². The predicted molar refractivity (Wildman–Crippen MR) is 57.4 cm³/mol. The van der Waals surface area contributed by atoms with Crippen LogP contribution in [0.5, 0.6) is 0 Å². The van der Waals surface area contributed by atoms with Gasteiger partial charge in [-0.25, -0.2) is 0 Å². The summed E-state index contributed by atoms with van der Waals surface area (Å²) in [6, 6.07) is 2.00. The van der Waals surface area contributed by atoms with Crippen LogP contribution >= 0.6 is 43.2 Å². The molecule has 2 atom stereocenters. The van der Waals surface area contributed by atoms with Gasteiger partial charge < -0.3 is 5.11 Å². The van der Waals surface area contributed by atoms with E-state index in [0.29, 0.717) is 5.92 Å². The summed E-state index contributed by atoms with van der Waals surface area (Å²) >= 11 is 8.46. The summed E-state index contributed by atoms with van der Waals surface area (Å²) in [6.07, 6.45) is 0.884. The molecule has 1 aliphatic rings. The fourth-order valence-electron chi connectivity index (χ4n) is 1.42. The molecule has 0 bridgehead atoms. The molecule has 1 saturated carbocycles. The lowest BCUT2D eigenvalue weighted by Crippen LogP contribution is -2.06. The van der Waals surface area contributed by atoms with Crippen molar-refractivity contribution in [2.24, 2.45) is 5.92 Å². The molecule has 2 unspecified atom stereocenters. The summed E-state index contributed by atoms with van der Waals surface area (Å²) in [5.41, 5.74) is 0.480. The second kappa shape index (κ2) is 2.80. The Kier molecular flexibility index (Phi) is 2.15. The van der Waals surface area contributed by atoms with E-state index in [9.17, 15) is 5.11 Å². The van der Waals surface area contributed by atoms with Gasteiger partial charge in [0, 0.05) is 5.56 Å². The normalized spacial score (nSPS) is 33.8. The van der Waals surface area contributed by atoms with E-state index in [4.69, 9.17) is 0 Å². The highest BCUT2D eigenvalue weighted by molar-refractivity contribution is 9.12. The average Bonchev–Trinajstić information content (AvgIpc) is 2.37. The highest BCUT2D eigenvalue weighted by Gasteiger charge is 2.52. The molecule has 66 valence electrons. The van der Waals surface area contributed by atoms with Crippen molar-refractivity contribution >= 4 is 43.2 Å². The van der Waals surface area contributed by atoms with Gasteiger partial charge in [0.15, 0.2) is 0 Å². The van der Waals surface area contributed by atoms with Gasteiger partial charge >= 0.3 is 0 Å². The largest absolute Gasteiger partial charge is 0.385 e. The van der Waals surface area contributed by atoms with Gasteiger partial charge in [0.25, 0.3) is 0 Å². The predicted octanol–water partition coefficient (Wildman–Crippen LogP) is 3.50. The SMILES string of the molecule is CC1CC1(O)c1cc(Br)sc1Br. The Morgan fingerprint density at radius 1 is 1.67 bits per heavy atom. The maximum absolute atomic E-state index is 10.0. The summed E-state index contributed by atoms with van der Waals surface area (Å²) in [5.74, 6) is 0.398. The van der Waals surface area contributed by atoms with Crippen LogP contribution in [0, 0.1) is 5.92 Å². The molecule has 0 aliphatic heterocycles. The zero-order valence-electron chi connectivity index (χ0n) is 6.47. The molecular formula is C8H8Br2OS. The summed E-state index contributed by atoms with van der Waals surface area (Å²) in [7, 11) is 0. The topological polar surface area (TPSA) is 20.2 Å². The highest BCUT2D eigenvalue weighted by atomic mass is 79.9. The Morgan fingerprint density at radius 3 is 2.58 bits per heavy atom. The molecule has 4 heteroatoms. The van der Waals surface area contributed by atoms with E-state index in [0.717, 1.165) is 19.6 Å². The number of aliphatic hydroxyl groups is 1. The molecule has 0 radical (unpaired) electrons. The summed E-state index contributed by atoms with van der Waals surface area (Å²) in [6.45, 7) is 2.07. The van der Waals surface area contributed by atoms with Crippen LogP contribution in [0.3, 0.4) is 0 Å². The minimum Gasteiger partial charge on any atom is -0.385 e. The molecule has 1 nitrogen and oxygen atoms in total. The molecule has 0 aromatic carbocycles. The maximum atomic E-state index is 10.0. The van der Waals surface area contributed by atoms with Gasteiger partial charge in [-0.15, -0.1) is 11.3 Å². The second-order valence-electron chi connectivity index (χ2n) is 3.27. The summed E-state index contributed by atoms with van der Waals surface area (Å²) in [4.78, 5) is 0. The molecule has 1 aromatic heterocycles. The van der Waals surface area contributed by atoms with Crippen molar-refractivity contribution in [1.82, 2.24) is 0 Å². The Morgan fingerprint density at radius 2 is 2.25 bits per heavy atom. The molecule has 0 amide bonds. The van der Waals surface area contributed by atoms with Crippen LogP contribution < -0.4 is 0 Å². The molecule has 1 aliphatic carbocycles. The fourth-order valence-corrected chi connectivity index (χ4v) is 4.46. The molecule has 1 N–H and O–H groups in total. The van der Waals surface area contributed by atoms with Crippen molar-refractivity contribution in [2.75, 3.05) is 0 Å². The van der Waals surface area contributed by atoms with Gasteiger partial charge in [0.1, 0.15) is 0 Å². The van der Waals surface area contributed by atoms with Gasteiger partial charge in [-0.05, 0) is 50.3 Å². The minimum atomic E-state index is -0.554. The molecule has 0 spiro atoms. The first-order chi connectivity index (χ1) is 5.54. The maximum Gasteiger partial charge on any atom is 0.0946 e. The zero-order valence-corrected chi connectivity index (χ0v) is 10.5. The summed E-state index contributed by atoms with van der Waals surface area (Å²) in [5, 5.41) is 10.0.